The van der Waals surface area contributed by atoms with E-state index in [4.69, 9.17) is 10.5 Å². The lowest BCUT2D eigenvalue weighted by Gasteiger charge is -2.22. The van der Waals surface area contributed by atoms with Crippen molar-refractivity contribution in [2.45, 2.75) is 31.5 Å². The van der Waals surface area contributed by atoms with Crippen LogP contribution in [0.3, 0.4) is 0 Å². The Labute approximate surface area is 212 Å². The number of hydrogen-bond acceptors (Lipinski definition) is 4. The fourth-order valence-corrected chi connectivity index (χ4v) is 3.97. The molecule has 7 nitrogen and oxygen atoms in total. The van der Waals surface area contributed by atoms with Crippen molar-refractivity contribution in [2.75, 3.05) is 0 Å². The Bertz CT molecular complexity index is 1110. The molecule has 0 unspecified atom stereocenters. The topological polar surface area (TPSA) is 111 Å². The van der Waals surface area contributed by atoms with Gasteiger partial charge in [0.15, 0.2) is 0 Å². The third-order valence-electron chi connectivity index (χ3n) is 5.09. The fraction of sp³-hybridized carbons (Fsp3) is 0.192. The van der Waals surface area contributed by atoms with E-state index in [1.165, 1.54) is 0 Å². The lowest BCUT2D eigenvalue weighted by Crippen LogP contribution is -2.54. The lowest BCUT2D eigenvalue weighted by molar-refractivity contribution is -0.128. The van der Waals surface area contributed by atoms with Crippen molar-refractivity contribution in [3.63, 3.8) is 0 Å². The van der Waals surface area contributed by atoms with Crippen LogP contribution in [0.25, 0.3) is 0 Å². The van der Waals surface area contributed by atoms with Crippen LogP contribution in [0.15, 0.2) is 84.9 Å². The van der Waals surface area contributed by atoms with Crippen LogP contribution >= 0.6 is 22.6 Å². The molecule has 0 aromatic heterocycles. The van der Waals surface area contributed by atoms with Gasteiger partial charge in [0.05, 0.1) is 0 Å². The van der Waals surface area contributed by atoms with E-state index >= 15 is 0 Å². The highest BCUT2D eigenvalue weighted by Crippen LogP contribution is 2.11. The molecule has 0 aliphatic rings. The first-order valence-electron chi connectivity index (χ1n) is 10.8. The molecule has 0 radical (unpaired) electrons. The Morgan fingerprint density at radius 2 is 1.35 bits per heavy atom. The summed E-state index contributed by atoms with van der Waals surface area (Å²) in [6.07, 6.45) is -0.260. The molecule has 2 atom stereocenters. The Morgan fingerprint density at radius 1 is 0.765 bits per heavy atom. The highest BCUT2D eigenvalue weighted by atomic mass is 127. The van der Waals surface area contributed by atoms with E-state index < -0.39 is 30.0 Å². The third-order valence-corrected chi connectivity index (χ3v) is 5.76. The van der Waals surface area contributed by atoms with Gasteiger partial charge in [0, 0.05) is 16.4 Å². The zero-order chi connectivity index (χ0) is 24.3. The SMILES string of the molecule is NC(=O)[C@@H](Cc1cccc(I)c1)NC(=O)[C@@H](Cc1ccccc1)NC(=O)OCc1ccccc1. The molecule has 176 valence electrons. The van der Waals surface area contributed by atoms with Gasteiger partial charge in [-0.2, -0.15) is 0 Å². The molecular formula is C26H26IN3O4. The van der Waals surface area contributed by atoms with Crippen molar-refractivity contribution in [1.29, 1.82) is 0 Å². The molecule has 3 amide bonds. The van der Waals surface area contributed by atoms with Crippen molar-refractivity contribution < 1.29 is 19.1 Å². The van der Waals surface area contributed by atoms with Crippen molar-refractivity contribution in [3.8, 4) is 0 Å². The predicted molar refractivity (Wildman–Crippen MR) is 138 cm³/mol. The summed E-state index contributed by atoms with van der Waals surface area (Å²) >= 11 is 2.18. The number of alkyl carbamates (subject to hydrolysis) is 1. The van der Waals surface area contributed by atoms with Gasteiger partial charge in [-0.05, 0) is 51.4 Å². The van der Waals surface area contributed by atoms with Gasteiger partial charge in [-0.3, -0.25) is 9.59 Å². The Hall–Kier alpha value is -3.40. The summed E-state index contributed by atoms with van der Waals surface area (Å²) in [5.74, 6) is -1.17. The van der Waals surface area contributed by atoms with Crippen LogP contribution in [0.5, 0.6) is 0 Å². The van der Waals surface area contributed by atoms with E-state index in [1.54, 1.807) is 0 Å². The quantitative estimate of drug-likeness (QED) is 0.325. The number of amides is 3. The minimum atomic E-state index is -0.955. The molecule has 0 saturated heterocycles. The molecular weight excluding hydrogens is 545 g/mol. The molecule has 3 rings (SSSR count). The summed E-state index contributed by atoms with van der Waals surface area (Å²) < 4.78 is 6.29. The van der Waals surface area contributed by atoms with Crippen LogP contribution in [-0.2, 0) is 33.8 Å². The Balaban J connectivity index is 1.69. The second kappa shape index (κ2) is 12.7. The number of hydrogen-bond donors (Lipinski definition) is 3. The predicted octanol–water partition coefficient (Wildman–Crippen LogP) is 3.34. The van der Waals surface area contributed by atoms with Crippen molar-refractivity contribution in [1.82, 2.24) is 10.6 Å². The maximum Gasteiger partial charge on any atom is 0.408 e. The van der Waals surface area contributed by atoms with Crippen LogP contribution in [0.2, 0.25) is 0 Å². The second-order valence-corrected chi connectivity index (χ2v) is 8.99. The highest BCUT2D eigenvalue weighted by Gasteiger charge is 2.26. The summed E-state index contributed by atoms with van der Waals surface area (Å²) in [6.45, 7) is 0.0723. The summed E-state index contributed by atoms with van der Waals surface area (Å²) in [6, 6.07) is 24.2. The number of carbonyl (C=O) groups is 3. The molecule has 3 aromatic carbocycles. The van der Waals surface area contributed by atoms with Gasteiger partial charge >= 0.3 is 6.09 Å². The van der Waals surface area contributed by atoms with E-state index in [1.807, 2.05) is 84.9 Å². The normalized spacial score (nSPS) is 12.3. The monoisotopic (exact) mass is 571 g/mol. The number of primary amides is 1. The number of benzene rings is 3. The van der Waals surface area contributed by atoms with Gasteiger partial charge < -0.3 is 21.1 Å². The molecule has 3 aromatic rings. The average molecular weight is 571 g/mol. The molecule has 0 bridgehead atoms. The number of carbonyl (C=O) groups excluding carboxylic acids is 3. The minimum Gasteiger partial charge on any atom is -0.445 e. The van der Waals surface area contributed by atoms with Gasteiger partial charge in [-0.1, -0.05) is 72.8 Å². The van der Waals surface area contributed by atoms with Crippen molar-refractivity contribution in [2.24, 2.45) is 5.73 Å². The summed E-state index contributed by atoms with van der Waals surface area (Å²) in [5, 5.41) is 5.32. The van der Waals surface area contributed by atoms with Gasteiger partial charge in [0.2, 0.25) is 11.8 Å². The third kappa shape index (κ3) is 8.18. The highest BCUT2D eigenvalue weighted by molar-refractivity contribution is 14.1. The molecule has 0 saturated carbocycles. The standard InChI is InChI=1S/C26H26IN3O4/c27-21-13-7-12-20(14-21)16-22(24(28)31)29-25(32)23(15-18-8-3-1-4-9-18)30-26(33)34-17-19-10-5-2-6-11-19/h1-14,22-23H,15-17H2,(H2,28,31)(H,29,32)(H,30,33)/t22-,23-/m1/s1. The van der Waals surface area contributed by atoms with E-state index in [2.05, 4.69) is 33.2 Å². The van der Waals surface area contributed by atoms with E-state index in [0.29, 0.717) is 0 Å². The van der Waals surface area contributed by atoms with E-state index in [-0.39, 0.29) is 19.4 Å². The first-order chi connectivity index (χ1) is 16.4. The van der Waals surface area contributed by atoms with Crippen LogP contribution in [0.4, 0.5) is 4.79 Å². The largest absolute Gasteiger partial charge is 0.445 e. The number of nitrogens with two attached hydrogens (primary N) is 1. The van der Waals surface area contributed by atoms with Crippen molar-refractivity contribution in [3.05, 3.63) is 105 Å². The van der Waals surface area contributed by atoms with Gasteiger partial charge in [-0.25, -0.2) is 4.79 Å². The Morgan fingerprint density at radius 3 is 1.97 bits per heavy atom. The van der Waals surface area contributed by atoms with Gasteiger partial charge in [-0.15, -0.1) is 0 Å². The van der Waals surface area contributed by atoms with Crippen molar-refractivity contribution >= 4 is 40.5 Å². The number of rotatable bonds is 10. The molecule has 0 heterocycles. The maximum absolute atomic E-state index is 13.1. The first kappa shape index (κ1) is 25.2. The second-order valence-electron chi connectivity index (χ2n) is 7.75. The smallest absolute Gasteiger partial charge is 0.408 e. The minimum absolute atomic E-state index is 0.0723. The zero-order valence-corrected chi connectivity index (χ0v) is 20.6. The van der Waals surface area contributed by atoms with Crippen LogP contribution in [0, 0.1) is 3.57 Å². The fourth-order valence-electron chi connectivity index (χ4n) is 3.36. The van der Waals surface area contributed by atoms with Crippen LogP contribution in [0.1, 0.15) is 16.7 Å². The van der Waals surface area contributed by atoms with E-state index in [0.717, 1.165) is 20.3 Å². The molecule has 4 N–H and O–H groups in total. The molecule has 8 heteroatoms. The first-order valence-corrected chi connectivity index (χ1v) is 11.8. The average Bonchev–Trinajstić information content (AvgIpc) is 2.83. The maximum atomic E-state index is 13.1. The molecule has 0 aliphatic heterocycles. The molecule has 0 spiro atoms. The summed E-state index contributed by atoms with van der Waals surface area (Å²) in [5.41, 5.74) is 8.11. The zero-order valence-electron chi connectivity index (χ0n) is 18.4. The Kier molecular flexibility index (Phi) is 9.45. The molecule has 34 heavy (non-hydrogen) atoms. The summed E-state index contributed by atoms with van der Waals surface area (Å²) in [7, 11) is 0. The van der Waals surface area contributed by atoms with Crippen LogP contribution in [-0.4, -0.2) is 30.0 Å². The lowest BCUT2D eigenvalue weighted by atomic mass is 10.0. The van der Waals surface area contributed by atoms with Crippen LogP contribution < -0.4 is 16.4 Å². The number of ether oxygens (including phenoxy) is 1. The summed E-state index contributed by atoms with van der Waals surface area (Å²) in [4.78, 5) is 37.7. The number of halogens is 1. The van der Waals surface area contributed by atoms with Gasteiger partial charge in [0.25, 0.3) is 0 Å². The van der Waals surface area contributed by atoms with E-state index in [9.17, 15) is 14.4 Å². The number of nitrogens with one attached hydrogen (secondary N) is 2. The molecule has 0 fully saturated rings. The van der Waals surface area contributed by atoms with Gasteiger partial charge in [0.1, 0.15) is 18.7 Å². The molecule has 0 aliphatic carbocycles.